The van der Waals surface area contributed by atoms with Crippen molar-refractivity contribution in [3.8, 4) is 0 Å². The zero-order valence-corrected chi connectivity index (χ0v) is 13.1. The summed E-state index contributed by atoms with van der Waals surface area (Å²) in [5.74, 6) is -0.279. The molecule has 2 aromatic rings. The first-order valence-corrected chi connectivity index (χ1v) is 7.36. The van der Waals surface area contributed by atoms with Crippen LogP contribution in [0.3, 0.4) is 0 Å². The lowest BCUT2D eigenvalue weighted by atomic mass is 10.2. The molecule has 6 heteroatoms. The van der Waals surface area contributed by atoms with E-state index in [1.165, 1.54) is 18.2 Å². The van der Waals surface area contributed by atoms with E-state index >= 15 is 0 Å². The zero-order valence-electron chi connectivity index (χ0n) is 11.5. The van der Waals surface area contributed by atoms with Crippen molar-refractivity contribution in [2.24, 2.45) is 0 Å². The third kappa shape index (κ3) is 4.53. The van der Waals surface area contributed by atoms with Gasteiger partial charge in [0.15, 0.2) is 5.82 Å². The van der Waals surface area contributed by atoms with Gasteiger partial charge in [-0.15, -0.1) is 0 Å². The molecule has 0 fully saturated rings. The number of anilines is 1. The summed E-state index contributed by atoms with van der Waals surface area (Å²) in [5, 5.41) is 9.46. The highest BCUT2D eigenvalue weighted by atomic mass is 79.9. The van der Waals surface area contributed by atoms with Crippen LogP contribution in [-0.4, -0.2) is 16.1 Å². The Balaban J connectivity index is 2.00. The van der Waals surface area contributed by atoms with E-state index in [1.807, 2.05) is 0 Å². The molecule has 1 heterocycles. The van der Waals surface area contributed by atoms with Crippen LogP contribution in [-0.2, 0) is 11.2 Å². The second kappa shape index (κ2) is 7.17. The summed E-state index contributed by atoms with van der Waals surface area (Å²) in [7, 11) is 0. The Morgan fingerprint density at radius 1 is 1.48 bits per heavy atom. The summed E-state index contributed by atoms with van der Waals surface area (Å²) in [6.45, 7) is 2.06. The Morgan fingerprint density at radius 2 is 2.29 bits per heavy atom. The summed E-state index contributed by atoms with van der Waals surface area (Å²) < 4.78 is 14.3. The van der Waals surface area contributed by atoms with E-state index < -0.39 is 0 Å². The molecule has 0 saturated heterocycles. The summed E-state index contributed by atoms with van der Waals surface area (Å²) >= 11 is 3.26. The van der Waals surface area contributed by atoms with Crippen molar-refractivity contribution in [2.45, 2.75) is 19.8 Å². The quantitative estimate of drug-likeness (QED) is 0.802. The Kier molecular flexibility index (Phi) is 5.27. The molecule has 0 aliphatic carbocycles. The van der Waals surface area contributed by atoms with E-state index in [0.717, 1.165) is 23.0 Å². The fourth-order valence-electron chi connectivity index (χ4n) is 1.80. The highest BCUT2D eigenvalue weighted by molar-refractivity contribution is 9.10. The molecule has 0 unspecified atom stereocenters. The molecule has 1 aromatic carbocycles. The number of carbonyl (C=O) groups is 1. The number of aromatic amines is 1. The number of halogens is 2. The average Bonchev–Trinajstić information content (AvgIpc) is 2.87. The molecule has 1 amide bonds. The molecule has 4 nitrogen and oxygen atoms in total. The zero-order chi connectivity index (χ0) is 15.2. The van der Waals surface area contributed by atoms with E-state index in [1.54, 1.807) is 18.2 Å². The predicted octanol–water partition coefficient (Wildman–Crippen LogP) is 3.92. The normalized spacial score (nSPS) is 11.0. The fraction of sp³-hybridized carbons (Fsp3) is 0.200. The maximum atomic E-state index is 13.5. The molecule has 0 bridgehead atoms. The van der Waals surface area contributed by atoms with Gasteiger partial charge in [0.25, 0.3) is 0 Å². The minimum Gasteiger partial charge on any atom is -0.306 e. The van der Waals surface area contributed by atoms with Crippen LogP contribution < -0.4 is 5.32 Å². The van der Waals surface area contributed by atoms with Crippen molar-refractivity contribution in [3.63, 3.8) is 0 Å². The van der Waals surface area contributed by atoms with Crippen molar-refractivity contribution in [1.29, 1.82) is 0 Å². The first-order chi connectivity index (χ1) is 10.1. The van der Waals surface area contributed by atoms with Gasteiger partial charge in [-0.05, 0) is 30.7 Å². The van der Waals surface area contributed by atoms with Crippen molar-refractivity contribution < 1.29 is 9.18 Å². The molecule has 0 saturated carbocycles. The minimum absolute atomic E-state index is 0.341. The molecule has 0 spiro atoms. The molecule has 2 N–H and O–H groups in total. The molecule has 0 atom stereocenters. The van der Waals surface area contributed by atoms with Crippen molar-refractivity contribution in [1.82, 2.24) is 10.2 Å². The number of amides is 1. The second-order valence-corrected chi connectivity index (χ2v) is 5.43. The van der Waals surface area contributed by atoms with Gasteiger partial charge in [-0.2, -0.15) is 5.10 Å². The standard InChI is InChI=1S/C15H15BrFN3O/c1-2-3-12-9-14(20-19-12)18-15(21)7-4-10-8-11(16)5-6-13(10)17/h4-9H,2-3H2,1H3,(H2,18,19,20,21)/b7-4+. The van der Waals surface area contributed by atoms with Crippen LogP contribution in [0, 0.1) is 5.82 Å². The molecule has 1 aromatic heterocycles. The van der Waals surface area contributed by atoms with Gasteiger partial charge in [0, 0.05) is 27.9 Å². The number of benzene rings is 1. The van der Waals surface area contributed by atoms with E-state index in [9.17, 15) is 9.18 Å². The molecular weight excluding hydrogens is 337 g/mol. The van der Waals surface area contributed by atoms with Crippen LogP contribution in [0.25, 0.3) is 6.08 Å². The number of nitrogens with one attached hydrogen (secondary N) is 2. The molecule has 0 aliphatic rings. The maximum absolute atomic E-state index is 13.5. The van der Waals surface area contributed by atoms with Crippen LogP contribution in [0.2, 0.25) is 0 Å². The highest BCUT2D eigenvalue weighted by Crippen LogP contribution is 2.16. The summed E-state index contributed by atoms with van der Waals surface area (Å²) in [5.41, 5.74) is 1.31. The maximum Gasteiger partial charge on any atom is 0.249 e. The Hall–Kier alpha value is -1.95. The Labute approximate surface area is 130 Å². The van der Waals surface area contributed by atoms with E-state index in [2.05, 4.69) is 38.4 Å². The summed E-state index contributed by atoms with van der Waals surface area (Å²) in [6, 6.07) is 6.33. The van der Waals surface area contributed by atoms with Crippen molar-refractivity contribution >= 4 is 33.7 Å². The van der Waals surface area contributed by atoms with Gasteiger partial charge in [0.05, 0.1) is 0 Å². The SMILES string of the molecule is CCCc1cc(NC(=O)/C=C/c2cc(Br)ccc2F)n[nH]1. The summed E-state index contributed by atoms with van der Waals surface area (Å²) in [4.78, 5) is 11.8. The topological polar surface area (TPSA) is 57.8 Å². The van der Waals surface area contributed by atoms with Gasteiger partial charge in [0.1, 0.15) is 5.82 Å². The van der Waals surface area contributed by atoms with Gasteiger partial charge < -0.3 is 5.32 Å². The number of H-pyrrole nitrogens is 1. The number of hydrogen-bond donors (Lipinski definition) is 2. The van der Waals surface area contributed by atoms with Crippen LogP contribution >= 0.6 is 15.9 Å². The van der Waals surface area contributed by atoms with Crippen molar-refractivity contribution in [3.05, 3.63) is 51.9 Å². The number of aryl methyl sites for hydroxylation is 1. The third-order valence-electron chi connectivity index (χ3n) is 2.77. The molecule has 0 radical (unpaired) electrons. The van der Waals surface area contributed by atoms with Gasteiger partial charge >= 0.3 is 0 Å². The number of rotatable bonds is 5. The van der Waals surface area contributed by atoms with Crippen LogP contribution in [0.1, 0.15) is 24.6 Å². The number of nitrogens with zero attached hydrogens (tertiary/aromatic N) is 1. The van der Waals surface area contributed by atoms with E-state index in [0.29, 0.717) is 11.4 Å². The van der Waals surface area contributed by atoms with Gasteiger partial charge in [-0.1, -0.05) is 29.3 Å². The third-order valence-corrected chi connectivity index (χ3v) is 3.27. The average molecular weight is 352 g/mol. The first-order valence-electron chi connectivity index (χ1n) is 6.57. The number of carbonyl (C=O) groups excluding carboxylic acids is 1. The fourth-order valence-corrected chi connectivity index (χ4v) is 2.18. The van der Waals surface area contributed by atoms with Gasteiger partial charge in [0.2, 0.25) is 5.91 Å². The smallest absolute Gasteiger partial charge is 0.249 e. The Morgan fingerprint density at radius 3 is 3.05 bits per heavy atom. The molecular formula is C15H15BrFN3O. The van der Waals surface area contributed by atoms with Crippen LogP contribution in [0.15, 0.2) is 34.8 Å². The first kappa shape index (κ1) is 15.4. The van der Waals surface area contributed by atoms with E-state index in [4.69, 9.17) is 0 Å². The summed E-state index contributed by atoms with van der Waals surface area (Å²) in [6.07, 6.45) is 4.58. The lowest BCUT2D eigenvalue weighted by Crippen LogP contribution is -2.08. The molecule has 2 rings (SSSR count). The molecule has 0 aliphatic heterocycles. The van der Waals surface area contributed by atoms with Gasteiger partial charge in [-0.3, -0.25) is 9.89 Å². The molecule has 110 valence electrons. The monoisotopic (exact) mass is 351 g/mol. The largest absolute Gasteiger partial charge is 0.306 e. The second-order valence-electron chi connectivity index (χ2n) is 4.52. The molecule has 21 heavy (non-hydrogen) atoms. The Bertz CT molecular complexity index is 667. The van der Waals surface area contributed by atoms with E-state index in [-0.39, 0.29) is 11.7 Å². The van der Waals surface area contributed by atoms with Crippen LogP contribution in [0.5, 0.6) is 0 Å². The highest BCUT2D eigenvalue weighted by Gasteiger charge is 2.04. The lowest BCUT2D eigenvalue weighted by Gasteiger charge is -1.98. The lowest BCUT2D eigenvalue weighted by molar-refractivity contribution is -0.111. The predicted molar refractivity (Wildman–Crippen MR) is 84.3 cm³/mol. The minimum atomic E-state index is -0.382. The van der Waals surface area contributed by atoms with Crippen LogP contribution in [0.4, 0.5) is 10.2 Å². The number of hydrogen-bond acceptors (Lipinski definition) is 2. The van der Waals surface area contributed by atoms with Gasteiger partial charge in [-0.25, -0.2) is 4.39 Å². The van der Waals surface area contributed by atoms with Crippen molar-refractivity contribution in [2.75, 3.05) is 5.32 Å². The number of aromatic nitrogens is 2.